The summed E-state index contributed by atoms with van der Waals surface area (Å²) in [5.41, 5.74) is 2.92. The summed E-state index contributed by atoms with van der Waals surface area (Å²) in [5.74, 6) is 0.613. The van der Waals surface area contributed by atoms with Crippen LogP contribution in [0.3, 0.4) is 0 Å². The second-order valence-corrected chi connectivity index (χ2v) is 6.16. The maximum atomic E-state index is 12.6. The Labute approximate surface area is 150 Å². The number of amides is 1. The van der Waals surface area contributed by atoms with Gasteiger partial charge in [-0.15, -0.1) is 0 Å². The fraction of sp³-hybridized carbons (Fsp3) is 0.143. The molecule has 2 aromatic heterocycles. The minimum Gasteiger partial charge on any atom is -0.497 e. The van der Waals surface area contributed by atoms with Crippen LogP contribution in [0.1, 0.15) is 28.9 Å². The molecule has 0 fully saturated rings. The molecular formula is C21H18N2O3. The third-order valence-corrected chi connectivity index (χ3v) is 4.48. The molecule has 1 N–H and O–H groups in total. The maximum Gasteiger partial charge on any atom is 0.251 e. The molecule has 0 bridgehead atoms. The summed E-state index contributed by atoms with van der Waals surface area (Å²) >= 11 is 0. The zero-order valence-corrected chi connectivity index (χ0v) is 14.5. The number of carbonyl (C=O) groups excluding carboxylic acids is 1. The van der Waals surface area contributed by atoms with Gasteiger partial charge in [-0.2, -0.15) is 0 Å². The van der Waals surface area contributed by atoms with Crippen LogP contribution in [-0.4, -0.2) is 18.0 Å². The molecule has 0 aliphatic rings. The van der Waals surface area contributed by atoms with Gasteiger partial charge in [-0.1, -0.05) is 12.1 Å². The number of furan rings is 1. The van der Waals surface area contributed by atoms with E-state index in [0.717, 1.165) is 22.1 Å². The first-order valence-electron chi connectivity index (χ1n) is 8.37. The number of fused-ring (bicyclic) bond motifs is 3. The van der Waals surface area contributed by atoms with Crippen molar-refractivity contribution >= 4 is 27.8 Å². The van der Waals surface area contributed by atoms with Crippen LogP contribution in [0.5, 0.6) is 5.75 Å². The number of nitrogens with one attached hydrogen (secondary N) is 1. The van der Waals surface area contributed by atoms with Gasteiger partial charge in [0.1, 0.15) is 11.3 Å². The highest BCUT2D eigenvalue weighted by atomic mass is 16.5. The van der Waals surface area contributed by atoms with Gasteiger partial charge in [0.2, 0.25) is 0 Å². The molecule has 0 spiro atoms. The van der Waals surface area contributed by atoms with Crippen molar-refractivity contribution in [1.29, 1.82) is 0 Å². The van der Waals surface area contributed by atoms with Crippen molar-refractivity contribution < 1.29 is 13.9 Å². The lowest BCUT2D eigenvalue weighted by Crippen LogP contribution is -2.26. The Morgan fingerprint density at radius 1 is 1.12 bits per heavy atom. The van der Waals surface area contributed by atoms with Crippen molar-refractivity contribution in [2.75, 3.05) is 7.11 Å². The van der Waals surface area contributed by atoms with Crippen LogP contribution in [-0.2, 0) is 0 Å². The predicted molar refractivity (Wildman–Crippen MR) is 100 cm³/mol. The largest absolute Gasteiger partial charge is 0.497 e. The number of hydrogen-bond donors (Lipinski definition) is 1. The number of ether oxygens (including phenoxy) is 1. The van der Waals surface area contributed by atoms with Crippen molar-refractivity contribution in [2.24, 2.45) is 0 Å². The second-order valence-electron chi connectivity index (χ2n) is 6.16. The Bertz CT molecular complexity index is 1100. The van der Waals surface area contributed by atoms with E-state index in [1.165, 1.54) is 0 Å². The number of pyridine rings is 1. The first kappa shape index (κ1) is 16.1. The molecule has 1 atom stereocenters. The summed E-state index contributed by atoms with van der Waals surface area (Å²) in [7, 11) is 1.63. The van der Waals surface area contributed by atoms with E-state index in [1.807, 2.05) is 49.4 Å². The number of methoxy groups -OCH3 is 1. The Kier molecular flexibility index (Phi) is 4.05. The lowest BCUT2D eigenvalue weighted by atomic mass is 10.1. The van der Waals surface area contributed by atoms with E-state index in [0.29, 0.717) is 16.7 Å². The van der Waals surface area contributed by atoms with Gasteiger partial charge in [0.15, 0.2) is 5.58 Å². The molecule has 2 aromatic carbocycles. The molecule has 0 saturated carbocycles. The fourth-order valence-corrected chi connectivity index (χ4v) is 3.05. The number of aromatic nitrogens is 1. The van der Waals surface area contributed by atoms with Gasteiger partial charge in [-0.25, -0.2) is 0 Å². The fourth-order valence-electron chi connectivity index (χ4n) is 3.05. The van der Waals surface area contributed by atoms with Gasteiger partial charge >= 0.3 is 0 Å². The van der Waals surface area contributed by atoms with Crippen molar-refractivity contribution in [3.63, 3.8) is 0 Å². The average Bonchev–Trinajstić information content (AvgIpc) is 3.05. The normalized spacial score (nSPS) is 12.2. The van der Waals surface area contributed by atoms with E-state index in [9.17, 15) is 4.79 Å². The molecule has 4 rings (SSSR count). The van der Waals surface area contributed by atoms with E-state index in [1.54, 1.807) is 25.6 Å². The Hall–Kier alpha value is -3.34. The molecule has 130 valence electrons. The second kappa shape index (κ2) is 6.52. The van der Waals surface area contributed by atoms with Gasteiger partial charge < -0.3 is 14.5 Å². The molecule has 0 radical (unpaired) electrons. The maximum absolute atomic E-state index is 12.6. The summed E-state index contributed by atoms with van der Waals surface area (Å²) in [6, 6.07) is 14.9. The van der Waals surface area contributed by atoms with Crippen LogP contribution in [0.25, 0.3) is 21.9 Å². The van der Waals surface area contributed by atoms with E-state index >= 15 is 0 Å². The van der Waals surface area contributed by atoms with Crippen molar-refractivity contribution in [3.8, 4) is 5.75 Å². The Morgan fingerprint density at radius 3 is 2.81 bits per heavy atom. The van der Waals surface area contributed by atoms with E-state index in [2.05, 4.69) is 10.3 Å². The highest BCUT2D eigenvalue weighted by Crippen LogP contribution is 2.28. The SMILES string of the molecule is COc1cccc(C(C)NC(=O)c2ccc3c(c2)oc2cnccc23)c1. The first-order valence-corrected chi connectivity index (χ1v) is 8.37. The molecule has 5 nitrogen and oxygen atoms in total. The van der Waals surface area contributed by atoms with Gasteiger partial charge in [0, 0.05) is 22.5 Å². The van der Waals surface area contributed by atoms with Crippen LogP contribution in [0.2, 0.25) is 0 Å². The number of hydrogen-bond acceptors (Lipinski definition) is 4. The lowest BCUT2D eigenvalue weighted by molar-refractivity contribution is 0.0940. The minimum atomic E-state index is -0.152. The monoisotopic (exact) mass is 346 g/mol. The zero-order valence-electron chi connectivity index (χ0n) is 14.5. The van der Waals surface area contributed by atoms with Crippen molar-refractivity contribution in [3.05, 3.63) is 72.1 Å². The van der Waals surface area contributed by atoms with E-state index in [4.69, 9.17) is 9.15 Å². The van der Waals surface area contributed by atoms with Crippen LogP contribution in [0.15, 0.2) is 65.3 Å². The molecule has 0 aliphatic carbocycles. The van der Waals surface area contributed by atoms with Crippen molar-refractivity contribution in [1.82, 2.24) is 10.3 Å². The Balaban J connectivity index is 1.60. The standard InChI is InChI=1S/C21H18N2O3/c1-13(14-4-3-5-16(10-14)25-2)23-21(24)15-6-7-17-18-8-9-22-12-20(18)26-19(17)11-15/h3-13H,1-2H3,(H,23,24). The number of rotatable bonds is 4. The van der Waals surface area contributed by atoms with Crippen molar-refractivity contribution in [2.45, 2.75) is 13.0 Å². The van der Waals surface area contributed by atoms with Crippen LogP contribution < -0.4 is 10.1 Å². The third-order valence-electron chi connectivity index (χ3n) is 4.48. The van der Waals surface area contributed by atoms with Crippen LogP contribution in [0, 0.1) is 0 Å². The summed E-state index contributed by atoms with van der Waals surface area (Å²) in [6.07, 6.45) is 3.41. The minimum absolute atomic E-state index is 0.145. The smallest absolute Gasteiger partial charge is 0.251 e. The lowest BCUT2D eigenvalue weighted by Gasteiger charge is -2.15. The highest BCUT2D eigenvalue weighted by molar-refractivity contribution is 6.07. The summed E-state index contributed by atoms with van der Waals surface area (Å²) in [4.78, 5) is 16.7. The van der Waals surface area contributed by atoms with Gasteiger partial charge in [-0.05, 0) is 48.9 Å². The van der Waals surface area contributed by atoms with E-state index < -0.39 is 0 Å². The van der Waals surface area contributed by atoms with Gasteiger partial charge in [-0.3, -0.25) is 9.78 Å². The molecule has 5 heteroatoms. The molecule has 1 amide bonds. The third kappa shape index (κ3) is 2.88. The molecule has 2 heterocycles. The molecule has 4 aromatic rings. The Morgan fingerprint density at radius 2 is 1.96 bits per heavy atom. The first-order chi connectivity index (χ1) is 12.7. The topological polar surface area (TPSA) is 64.4 Å². The average molecular weight is 346 g/mol. The van der Waals surface area contributed by atoms with E-state index in [-0.39, 0.29) is 11.9 Å². The molecule has 1 unspecified atom stereocenters. The zero-order chi connectivity index (χ0) is 18.1. The molecule has 26 heavy (non-hydrogen) atoms. The predicted octanol–water partition coefficient (Wildman–Crippen LogP) is 4.48. The van der Waals surface area contributed by atoms with Gasteiger partial charge in [0.05, 0.1) is 19.3 Å². The van der Waals surface area contributed by atoms with Gasteiger partial charge in [0.25, 0.3) is 5.91 Å². The number of benzene rings is 2. The highest BCUT2D eigenvalue weighted by Gasteiger charge is 2.14. The van der Waals surface area contributed by atoms with Crippen LogP contribution in [0.4, 0.5) is 0 Å². The quantitative estimate of drug-likeness (QED) is 0.592. The molecule has 0 aliphatic heterocycles. The molecule has 0 saturated heterocycles. The number of nitrogens with zero attached hydrogens (tertiary/aromatic N) is 1. The number of carbonyl (C=O) groups is 1. The summed E-state index contributed by atoms with van der Waals surface area (Å²) in [6.45, 7) is 1.94. The van der Waals surface area contributed by atoms with Crippen LogP contribution >= 0.6 is 0 Å². The summed E-state index contributed by atoms with van der Waals surface area (Å²) < 4.78 is 11.0. The summed E-state index contributed by atoms with van der Waals surface area (Å²) in [5, 5.41) is 4.98. The molecular weight excluding hydrogens is 328 g/mol.